The van der Waals surface area contributed by atoms with Gasteiger partial charge in [-0.3, -0.25) is 0 Å². The lowest BCUT2D eigenvalue weighted by molar-refractivity contribution is 0.103. The normalized spacial score (nSPS) is 12.6. The van der Waals surface area contributed by atoms with Crippen LogP contribution < -0.4 is 5.32 Å². The van der Waals surface area contributed by atoms with Gasteiger partial charge in [0.2, 0.25) is 0 Å². The molecule has 0 bridgehead atoms. The van der Waals surface area contributed by atoms with E-state index in [1.165, 1.54) is 32.7 Å². The maximum atomic E-state index is 9.54. The molecule has 4 rings (SSSR count). The minimum absolute atomic E-state index is 0.109. The van der Waals surface area contributed by atoms with E-state index in [1.54, 1.807) is 0 Å². The van der Waals surface area contributed by atoms with E-state index in [0.717, 1.165) is 12.1 Å². The van der Waals surface area contributed by atoms with E-state index in [2.05, 4.69) is 71.0 Å². The zero-order valence-electron chi connectivity index (χ0n) is 16.2. The van der Waals surface area contributed by atoms with Crippen LogP contribution in [0.5, 0.6) is 0 Å². The lowest BCUT2D eigenvalue weighted by Gasteiger charge is -2.26. The molecule has 27 heavy (non-hydrogen) atoms. The minimum Gasteiger partial charge on any atom is -0.394 e. The Bertz CT molecular complexity index is 1120. The number of rotatable bonds is 6. The van der Waals surface area contributed by atoms with E-state index in [0.29, 0.717) is 6.54 Å². The first kappa shape index (κ1) is 18.0. The molecule has 0 aliphatic heterocycles. The number of aliphatic hydroxyl groups excluding tert-OH is 2. The summed E-state index contributed by atoms with van der Waals surface area (Å²) >= 11 is 0. The molecule has 4 aromatic rings. The van der Waals surface area contributed by atoms with Crippen LogP contribution in [0.4, 0.5) is 0 Å². The van der Waals surface area contributed by atoms with Crippen LogP contribution in [0.2, 0.25) is 0 Å². The first-order valence-corrected chi connectivity index (χ1v) is 9.47. The molecule has 0 aliphatic carbocycles. The molecule has 0 fully saturated rings. The van der Waals surface area contributed by atoms with Crippen LogP contribution in [0.25, 0.3) is 32.7 Å². The maximum Gasteiger partial charge on any atom is 0.0633 e. The standard InChI is InChI=1S/C22H27N3O2/c1-4-25-18-8-6-5-7-17(18)20-19(25)10-9-16-15(12-24(3)21(16)20)11-23-22(2,13-26)14-27/h5-10,12,23,26-27H,4,11,13-14H2,1-3H3. The van der Waals surface area contributed by atoms with Gasteiger partial charge in [0.25, 0.3) is 0 Å². The third-order valence-electron chi connectivity index (χ3n) is 5.68. The zero-order valence-corrected chi connectivity index (χ0v) is 16.2. The van der Waals surface area contributed by atoms with E-state index >= 15 is 0 Å². The fourth-order valence-corrected chi connectivity index (χ4v) is 4.07. The topological polar surface area (TPSA) is 62.4 Å². The van der Waals surface area contributed by atoms with Crippen LogP contribution in [0.3, 0.4) is 0 Å². The molecular weight excluding hydrogens is 338 g/mol. The summed E-state index contributed by atoms with van der Waals surface area (Å²) in [6.07, 6.45) is 2.14. The van der Waals surface area contributed by atoms with Crippen molar-refractivity contribution in [3.8, 4) is 0 Å². The Hall–Kier alpha value is -2.34. The predicted molar refractivity (Wildman–Crippen MR) is 111 cm³/mol. The summed E-state index contributed by atoms with van der Waals surface area (Å²) in [6, 6.07) is 13.0. The summed E-state index contributed by atoms with van der Waals surface area (Å²) in [5.74, 6) is 0. The molecule has 0 spiro atoms. The van der Waals surface area contributed by atoms with Gasteiger partial charge in [-0.1, -0.05) is 24.3 Å². The molecule has 0 saturated carbocycles. The monoisotopic (exact) mass is 365 g/mol. The summed E-state index contributed by atoms with van der Waals surface area (Å²) in [7, 11) is 2.08. The number of aryl methyl sites for hydroxylation is 2. The molecule has 0 aliphatic rings. The van der Waals surface area contributed by atoms with Gasteiger partial charge >= 0.3 is 0 Å². The zero-order chi connectivity index (χ0) is 19.2. The summed E-state index contributed by atoms with van der Waals surface area (Å²) in [6.45, 7) is 5.31. The number of fused-ring (bicyclic) bond motifs is 5. The highest BCUT2D eigenvalue weighted by molar-refractivity contribution is 6.20. The average molecular weight is 365 g/mol. The van der Waals surface area contributed by atoms with E-state index in [-0.39, 0.29) is 13.2 Å². The van der Waals surface area contributed by atoms with Gasteiger partial charge in [0.15, 0.2) is 0 Å². The van der Waals surface area contributed by atoms with Crippen molar-refractivity contribution >= 4 is 32.7 Å². The lowest BCUT2D eigenvalue weighted by atomic mass is 10.0. The molecule has 3 N–H and O–H groups in total. The summed E-state index contributed by atoms with van der Waals surface area (Å²) in [5, 5.41) is 26.1. The number of para-hydroxylation sites is 1. The Balaban J connectivity index is 1.92. The maximum absolute atomic E-state index is 9.54. The van der Waals surface area contributed by atoms with Gasteiger partial charge in [0.05, 0.1) is 29.8 Å². The van der Waals surface area contributed by atoms with Crippen molar-refractivity contribution in [1.29, 1.82) is 0 Å². The molecule has 0 amide bonds. The van der Waals surface area contributed by atoms with E-state index in [9.17, 15) is 10.2 Å². The highest BCUT2D eigenvalue weighted by Crippen LogP contribution is 2.36. The lowest BCUT2D eigenvalue weighted by Crippen LogP contribution is -2.48. The van der Waals surface area contributed by atoms with Crippen LogP contribution in [-0.4, -0.2) is 38.1 Å². The van der Waals surface area contributed by atoms with Gasteiger partial charge in [0, 0.05) is 48.0 Å². The van der Waals surface area contributed by atoms with E-state index < -0.39 is 5.54 Å². The fraction of sp³-hybridized carbons (Fsp3) is 0.364. The van der Waals surface area contributed by atoms with E-state index in [1.807, 2.05) is 6.92 Å². The second kappa shape index (κ2) is 6.68. The molecule has 5 heteroatoms. The Morgan fingerprint density at radius 3 is 2.44 bits per heavy atom. The fourth-order valence-electron chi connectivity index (χ4n) is 4.07. The van der Waals surface area contributed by atoms with Crippen molar-refractivity contribution in [3.05, 3.63) is 48.2 Å². The second-order valence-electron chi connectivity index (χ2n) is 7.61. The van der Waals surface area contributed by atoms with Crippen molar-refractivity contribution < 1.29 is 10.2 Å². The number of benzene rings is 2. The van der Waals surface area contributed by atoms with Gasteiger partial charge in [-0.2, -0.15) is 0 Å². The minimum atomic E-state index is -0.690. The molecule has 2 heterocycles. The third-order valence-corrected chi connectivity index (χ3v) is 5.68. The number of hydrogen-bond acceptors (Lipinski definition) is 3. The van der Waals surface area contributed by atoms with Crippen LogP contribution in [0.1, 0.15) is 19.4 Å². The Morgan fingerprint density at radius 1 is 1.00 bits per heavy atom. The number of hydrogen-bond donors (Lipinski definition) is 3. The van der Waals surface area contributed by atoms with Gasteiger partial charge in [-0.25, -0.2) is 0 Å². The highest BCUT2D eigenvalue weighted by atomic mass is 16.3. The first-order valence-electron chi connectivity index (χ1n) is 9.47. The van der Waals surface area contributed by atoms with Crippen molar-refractivity contribution in [3.63, 3.8) is 0 Å². The third kappa shape index (κ3) is 2.74. The van der Waals surface area contributed by atoms with Gasteiger partial charge in [0.1, 0.15) is 0 Å². The van der Waals surface area contributed by atoms with Crippen LogP contribution in [0, 0.1) is 0 Å². The van der Waals surface area contributed by atoms with Crippen molar-refractivity contribution in [2.75, 3.05) is 13.2 Å². The molecule has 0 unspecified atom stereocenters. The molecule has 2 aromatic carbocycles. The highest BCUT2D eigenvalue weighted by Gasteiger charge is 2.22. The number of nitrogens with one attached hydrogen (secondary N) is 1. The quantitative estimate of drug-likeness (QED) is 0.492. The second-order valence-corrected chi connectivity index (χ2v) is 7.61. The number of nitrogens with zero attached hydrogens (tertiary/aromatic N) is 2. The Kier molecular flexibility index (Phi) is 4.46. The average Bonchev–Trinajstić information content (AvgIpc) is 3.20. The first-order chi connectivity index (χ1) is 13.0. The molecule has 0 radical (unpaired) electrons. The summed E-state index contributed by atoms with van der Waals surface area (Å²) in [5.41, 5.74) is 4.21. The number of aromatic nitrogens is 2. The van der Waals surface area contributed by atoms with Crippen LogP contribution >= 0.6 is 0 Å². The molecule has 142 valence electrons. The van der Waals surface area contributed by atoms with Gasteiger partial charge < -0.3 is 24.7 Å². The van der Waals surface area contributed by atoms with Crippen LogP contribution in [-0.2, 0) is 20.1 Å². The SMILES string of the molecule is CCn1c2ccccc2c2c3c(ccc21)c(CNC(C)(CO)CO)cn3C. The molecule has 0 saturated heterocycles. The van der Waals surface area contributed by atoms with Gasteiger partial charge in [-0.15, -0.1) is 0 Å². The molecular formula is C22H27N3O2. The van der Waals surface area contributed by atoms with Crippen molar-refractivity contribution in [2.45, 2.75) is 32.5 Å². The largest absolute Gasteiger partial charge is 0.394 e. The molecule has 5 nitrogen and oxygen atoms in total. The smallest absolute Gasteiger partial charge is 0.0633 e. The van der Waals surface area contributed by atoms with Crippen LogP contribution in [0.15, 0.2) is 42.6 Å². The van der Waals surface area contributed by atoms with E-state index in [4.69, 9.17) is 0 Å². The number of aliphatic hydroxyl groups is 2. The van der Waals surface area contributed by atoms with Crippen molar-refractivity contribution in [2.24, 2.45) is 7.05 Å². The summed E-state index contributed by atoms with van der Waals surface area (Å²) in [4.78, 5) is 0. The summed E-state index contributed by atoms with van der Waals surface area (Å²) < 4.78 is 4.56. The van der Waals surface area contributed by atoms with Gasteiger partial charge in [-0.05, 0) is 31.5 Å². The molecule has 0 atom stereocenters. The Morgan fingerprint density at radius 2 is 1.74 bits per heavy atom. The van der Waals surface area contributed by atoms with Crippen molar-refractivity contribution in [1.82, 2.24) is 14.5 Å². The molecule has 2 aromatic heterocycles. The Labute approximate surface area is 158 Å². The predicted octanol–water partition coefficient (Wildman–Crippen LogP) is 3.14.